The molecule has 2 rings (SSSR count). The molecule has 1 saturated heterocycles. The monoisotopic (exact) mass is 321 g/mol. The molecule has 0 aromatic heterocycles. The molecular weight excluding hydrogens is 302 g/mol. The molecule has 0 unspecified atom stereocenters. The zero-order valence-corrected chi connectivity index (χ0v) is 12.9. The van der Waals surface area contributed by atoms with Gasteiger partial charge in [0.15, 0.2) is 0 Å². The molecule has 102 valence electrons. The fourth-order valence-corrected chi connectivity index (χ4v) is 2.92. The average Bonchev–Trinajstić information content (AvgIpc) is 2.79. The van der Waals surface area contributed by atoms with Crippen molar-refractivity contribution in [3.05, 3.63) is 48.0 Å². The molecule has 1 fully saturated rings. The number of carbonyl (C=O) groups excluding carboxylic acids is 1. The van der Waals surface area contributed by atoms with Crippen LogP contribution in [0.25, 0.3) is 0 Å². The van der Waals surface area contributed by atoms with Crippen LogP contribution in [-0.2, 0) is 4.79 Å². The second kappa shape index (κ2) is 6.38. The van der Waals surface area contributed by atoms with Gasteiger partial charge in [-0.3, -0.25) is 4.79 Å². The maximum absolute atomic E-state index is 12.2. The molecular formula is C16H20BrNO. The Balaban J connectivity index is 2.02. The van der Waals surface area contributed by atoms with E-state index in [1.54, 1.807) is 0 Å². The molecule has 2 nitrogen and oxygen atoms in total. The maximum atomic E-state index is 12.2. The van der Waals surface area contributed by atoms with Crippen molar-refractivity contribution in [3.63, 3.8) is 0 Å². The molecule has 0 radical (unpaired) electrons. The van der Waals surface area contributed by atoms with Gasteiger partial charge in [0.25, 0.3) is 0 Å². The van der Waals surface area contributed by atoms with E-state index < -0.39 is 0 Å². The highest BCUT2D eigenvalue weighted by Crippen LogP contribution is 2.31. The highest BCUT2D eigenvalue weighted by Gasteiger charge is 2.32. The quantitative estimate of drug-likeness (QED) is 0.594. The molecule has 1 amide bonds. The molecule has 1 heterocycles. The molecule has 1 aliphatic rings. The Morgan fingerprint density at radius 1 is 1.47 bits per heavy atom. The lowest BCUT2D eigenvalue weighted by Crippen LogP contribution is -2.28. The number of hydrogen-bond donors (Lipinski definition) is 0. The van der Waals surface area contributed by atoms with Gasteiger partial charge in [-0.2, -0.15) is 0 Å². The molecule has 0 saturated carbocycles. The SMILES string of the molecule is C=C(CBr)C[C@H]1CC(=O)N([C@H](C)c2ccccc2)C1. The van der Waals surface area contributed by atoms with E-state index >= 15 is 0 Å². The van der Waals surface area contributed by atoms with Gasteiger partial charge in [-0.15, -0.1) is 0 Å². The fraction of sp³-hybridized carbons (Fsp3) is 0.438. The third-order valence-electron chi connectivity index (χ3n) is 3.75. The van der Waals surface area contributed by atoms with Crippen molar-refractivity contribution in [2.24, 2.45) is 5.92 Å². The predicted octanol–water partition coefficient (Wildman–Crippen LogP) is 3.94. The number of carbonyl (C=O) groups is 1. The van der Waals surface area contributed by atoms with Crippen LogP contribution >= 0.6 is 15.9 Å². The highest BCUT2D eigenvalue weighted by molar-refractivity contribution is 9.09. The molecule has 3 heteroatoms. The Labute approximate surface area is 123 Å². The molecule has 0 aliphatic carbocycles. The number of likely N-dealkylation sites (tertiary alicyclic amines) is 1. The molecule has 1 aromatic rings. The third kappa shape index (κ3) is 3.47. The van der Waals surface area contributed by atoms with E-state index in [-0.39, 0.29) is 11.9 Å². The summed E-state index contributed by atoms with van der Waals surface area (Å²) in [4.78, 5) is 14.2. The van der Waals surface area contributed by atoms with Crippen LogP contribution < -0.4 is 0 Å². The van der Waals surface area contributed by atoms with Crippen LogP contribution in [0.5, 0.6) is 0 Å². The van der Waals surface area contributed by atoms with Crippen molar-refractivity contribution in [1.82, 2.24) is 4.90 Å². The van der Waals surface area contributed by atoms with E-state index in [9.17, 15) is 4.79 Å². The van der Waals surface area contributed by atoms with Gasteiger partial charge in [0.1, 0.15) is 0 Å². The first-order valence-electron chi connectivity index (χ1n) is 6.69. The second-order valence-corrected chi connectivity index (χ2v) is 5.85. The highest BCUT2D eigenvalue weighted by atomic mass is 79.9. The standard InChI is InChI=1S/C16H20BrNO/c1-12(10-17)8-14-9-16(19)18(11-14)13(2)15-6-4-3-5-7-15/h3-7,13-14H,1,8-11H2,2H3/t13-,14+/m1/s1. The van der Waals surface area contributed by atoms with E-state index in [2.05, 4.69) is 41.6 Å². The molecule has 0 N–H and O–H groups in total. The summed E-state index contributed by atoms with van der Waals surface area (Å²) in [5, 5.41) is 0.825. The summed E-state index contributed by atoms with van der Waals surface area (Å²) in [6, 6.07) is 10.4. The summed E-state index contributed by atoms with van der Waals surface area (Å²) in [6.07, 6.45) is 1.60. The third-order valence-corrected chi connectivity index (χ3v) is 4.55. The van der Waals surface area contributed by atoms with Crippen LogP contribution in [0.2, 0.25) is 0 Å². The van der Waals surface area contributed by atoms with Crippen LogP contribution in [0.1, 0.15) is 31.4 Å². The fourth-order valence-electron chi connectivity index (χ4n) is 2.69. The van der Waals surface area contributed by atoms with Gasteiger partial charge in [0.05, 0.1) is 6.04 Å². The van der Waals surface area contributed by atoms with E-state index in [1.807, 2.05) is 23.1 Å². The van der Waals surface area contributed by atoms with Gasteiger partial charge in [-0.1, -0.05) is 58.4 Å². The van der Waals surface area contributed by atoms with Crippen molar-refractivity contribution < 1.29 is 4.79 Å². The number of rotatable bonds is 5. The number of halogens is 1. The largest absolute Gasteiger partial charge is 0.336 e. The predicted molar refractivity (Wildman–Crippen MR) is 82.2 cm³/mol. The normalized spacial score (nSPS) is 20.6. The van der Waals surface area contributed by atoms with Gasteiger partial charge < -0.3 is 4.90 Å². The van der Waals surface area contributed by atoms with E-state index in [1.165, 1.54) is 11.1 Å². The van der Waals surface area contributed by atoms with Crippen LogP contribution in [0.4, 0.5) is 0 Å². The van der Waals surface area contributed by atoms with E-state index in [4.69, 9.17) is 0 Å². The number of amides is 1. The molecule has 0 spiro atoms. The van der Waals surface area contributed by atoms with Gasteiger partial charge in [0, 0.05) is 18.3 Å². The van der Waals surface area contributed by atoms with Crippen molar-refractivity contribution in [3.8, 4) is 0 Å². The number of benzene rings is 1. The zero-order valence-electron chi connectivity index (χ0n) is 11.3. The summed E-state index contributed by atoms with van der Waals surface area (Å²) in [7, 11) is 0. The van der Waals surface area contributed by atoms with Gasteiger partial charge in [-0.05, 0) is 24.8 Å². The number of alkyl halides is 1. The lowest BCUT2D eigenvalue weighted by molar-refractivity contribution is -0.129. The first-order chi connectivity index (χ1) is 9.11. The zero-order chi connectivity index (χ0) is 13.8. The van der Waals surface area contributed by atoms with Crippen LogP contribution in [0.15, 0.2) is 42.5 Å². The smallest absolute Gasteiger partial charge is 0.223 e. The summed E-state index contributed by atoms with van der Waals surface area (Å²) in [5.41, 5.74) is 2.38. The van der Waals surface area contributed by atoms with Crippen molar-refractivity contribution in [2.75, 3.05) is 11.9 Å². The average molecular weight is 322 g/mol. The van der Waals surface area contributed by atoms with Crippen molar-refractivity contribution in [2.45, 2.75) is 25.8 Å². The molecule has 1 aliphatic heterocycles. The summed E-state index contributed by atoms with van der Waals surface area (Å²) in [6.45, 7) is 6.97. The van der Waals surface area contributed by atoms with Crippen molar-refractivity contribution >= 4 is 21.8 Å². The maximum Gasteiger partial charge on any atom is 0.223 e. The summed E-state index contributed by atoms with van der Waals surface area (Å²) < 4.78 is 0. The summed E-state index contributed by atoms with van der Waals surface area (Å²) >= 11 is 3.42. The minimum atomic E-state index is 0.163. The number of hydrogen-bond acceptors (Lipinski definition) is 1. The number of allylic oxidation sites excluding steroid dienone is 1. The lowest BCUT2D eigenvalue weighted by Gasteiger charge is -2.25. The topological polar surface area (TPSA) is 20.3 Å². The van der Waals surface area contributed by atoms with Gasteiger partial charge in [-0.25, -0.2) is 0 Å². The number of nitrogens with zero attached hydrogens (tertiary/aromatic N) is 1. The summed E-state index contributed by atoms with van der Waals surface area (Å²) in [5.74, 6) is 0.687. The minimum Gasteiger partial charge on any atom is -0.336 e. The van der Waals surface area contributed by atoms with E-state index in [0.29, 0.717) is 12.3 Å². The first-order valence-corrected chi connectivity index (χ1v) is 7.81. The Hall–Kier alpha value is -1.09. The van der Waals surface area contributed by atoms with Crippen LogP contribution in [-0.4, -0.2) is 22.7 Å². The molecule has 0 bridgehead atoms. The second-order valence-electron chi connectivity index (χ2n) is 5.29. The van der Waals surface area contributed by atoms with Crippen LogP contribution in [0.3, 0.4) is 0 Å². The van der Waals surface area contributed by atoms with Crippen LogP contribution in [0, 0.1) is 5.92 Å². The Morgan fingerprint density at radius 3 is 2.79 bits per heavy atom. The minimum absolute atomic E-state index is 0.163. The molecule has 19 heavy (non-hydrogen) atoms. The molecule has 1 aromatic carbocycles. The first kappa shape index (κ1) is 14.3. The molecule has 2 atom stereocenters. The Kier molecular flexibility index (Phi) is 4.81. The van der Waals surface area contributed by atoms with Gasteiger partial charge >= 0.3 is 0 Å². The van der Waals surface area contributed by atoms with Crippen molar-refractivity contribution in [1.29, 1.82) is 0 Å². The van der Waals surface area contributed by atoms with E-state index in [0.717, 1.165) is 18.3 Å². The van der Waals surface area contributed by atoms with Gasteiger partial charge in [0.2, 0.25) is 5.91 Å². The lowest BCUT2D eigenvalue weighted by atomic mass is 10.0. The Morgan fingerprint density at radius 2 is 2.16 bits per heavy atom. The Bertz CT molecular complexity index is 457.